The van der Waals surface area contributed by atoms with Gasteiger partial charge in [0.05, 0.1) is 4.90 Å². The van der Waals surface area contributed by atoms with Crippen molar-refractivity contribution in [3.63, 3.8) is 0 Å². The quantitative estimate of drug-likeness (QED) is 0.269. The predicted octanol–water partition coefficient (Wildman–Crippen LogP) is 5.94. The maximum absolute atomic E-state index is 12.7. The van der Waals surface area contributed by atoms with Crippen molar-refractivity contribution in [1.29, 1.82) is 0 Å². The zero-order chi connectivity index (χ0) is 26.0. The van der Waals surface area contributed by atoms with E-state index in [-0.39, 0.29) is 17.4 Å². The number of ether oxygens (including phenoxy) is 1. The fourth-order valence-electron chi connectivity index (χ4n) is 4.46. The second kappa shape index (κ2) is 9.99. The number of carbonyl (C=O) groups is 1. The number of amides is 1. The Balaban J connectivity index is 1.23. The first kappa shape index (κ1) is 24.4. The number of aromatic nitrogens is 1. The number of sulfonamides is 1. The Bertz CT molecular complexity index is 1710. The minimum Gasteiger partial charge on any atom is -0.484 e. The van der Waals surface area contributed by atoms with Gasteiger partial charge in [-0.3, -0.25) is 9.52 Å². The van der Waals surface area contributed by atoms with E-state index in [1.165, 1.54) is 24.3 Å². The molecule has 0 saturated heterocycles. The fraction of sp³-hybridized carbons (Fsp3) is 0.138. The lowest BCUT2D eigenvalue weighted by molar-refractivity contribution is -0.118. The summed E-state index contributed by atoms with van der Waals surface area (Å²) in [7, 11) is -3.74. The second-order valence-corrected chi connectivity index (χ2v) is 10.5. The van der Waals surface area contributed by atoms with Crippen molar-refractivity contribution in [2.45, 2.75) is 25.3 Å². The molecule has 0 atom stereocenters. The lowest BCUT2D eigenvalue weighted by Gasteiger charge is -2.11. The van der Waals surface area contributed by atoms with Crippen molar-refractivity contribution in [3.05, 3.63) is 96.6 Å². The third kappa shape index (κ3) is 5.15. The first-order valence-electron chi connectivity index (χ1n) is 12.0. The number of benzene rings is 4. The van der Waals surface area contributed by atoms with Crippen LogP contribution in [-0.2, 0) is 21.4 Å². The lowest BCUT2D eigenvalue weighted by atomic mass is 10.1. The van der Waals surface area contributed by atoms with Gasteiger partial charge in [0, 0.05) is 39.7 Å². The van der Waals surface area contributed by atoms with Crippen LogP contribution in [-0.4, -0.2) is 25.5 Å². The molecule has 0 bridgehead atoms. The summed E-state index contributed by atoms with van der Waals surface area (Å²) in [5, 5.41) is 5.10. The SMILES string of the molecule is CCn1c2ccccc2c2cc(NC(=O)COc3ccc(S(=O)(=O)Nc4cccc(C)c4)cc3)ccc21. The number of hydrogen-bond donors (Lipinski definition) is 2. The Labute approximate surface area is 215 Å². The highest BCUT2D eigenvalue weighted by molar-refractivity contribution is 7.92. The van der Waals surface area contributed by atoms with E-state index >= 15 is 0 Å². The molecule has 0 unspecified atom stereocenters. The molecular formula is C29H27N3O4S. The van der Waals surface area contributed by atoms with Crippen LogP contribution in [0, 0.1) is 6.92 Å². The molecule has 1 heterocycles. The highest BCUT2D eigenvalue weighted by atomic mass is 32.2. The molecule has 37 heavy (non-hydrogen) atoms. The van der Waals surface area contributed by atoms with Gasteiger partial charge in [0.2, 0.25) is 0 Å². The van der Waals surface area contributed by atoms with Crippen molar-refractivity contribution < 1.29 is 17.9 Å². The summed E-state index contributed by atoms with van der Waals surface area (Å²) in [4.78, 5) is 12.7. The summed E-state index contributed by atoms with van der Waals surface area (Å²) in [5.74, 6) is 0.0857. The van der Waals surface area contributed by atoms with Crippen LogP contribution in [0.3, 0.4) is 0 Å². The van der Waals surface area contributed by atoms with Crippen LogP contribution in [0.2, 0.25) is 0 Å². The number of rotatable bonds is 8. The molecule has 0 radical (unpaired) electrons. The van der Waals surface area contributed by atoms with Gasteiger partial charge in [-0.25, -0.2) is 8.42 Å². The third-order valence-corrected chi connectivity index (χ3v) is 7.54. The van der Waals surface area contributed by atoms with Crippen LogP contribution >= 0.6 is 0 Å². The Morgan fingerprint density at radius 2 is 1.59 bits per heavy atom. The van der Waals surface area contributed by atoms with E-state index in [0.717, 1.165) is 33.9 Å². The third-order valence-electron chi connectivity index (χ3n) is 6.15. The second-order valence-electron chi connectivity index (χ2n) is 8.78. The Morgan fingerprint density at radius 1 is 0.838 bits per heavy atom. The Morgan fingerprint density at radius 3 is 2.35 bits per heavy atom. The van der Waals surface area contributed by atoms with Crippen molar-refractivity contribution in [3.8, 4) is 5.75 Å². The molecule has 0 spiro atoms. The molecule has 7 nitrogen and oxygen atoms in total. The van der Waals surface area contributed by atoms with Gasteiger partial charge in [-0.2, -0.15) is 0 Å². The summed E-state index contributed by atoms with van der Waals surface area (Å²) in [6.07, 6.45) is 0. The zero-order valence-electron chi connectivity index (χ0n) is 20.6. The zero-order valence-corrected chi connectivity index (χ0v) is 21.4. The van der Waals surface area contributed by atoms with Crippen LogP contribution < -0.4 is 14.8 Å². The molecule has 0 fully saturated rings. The number of para-hydroxylation sites is 1. The van der Waals surface area contributed by atoms with Gasteiger partial charge < -0.3 is 14.6 Å². The minimum absolute atomic E-state index is 0.102. The monoisotopic (exact) mass is 513 g/mol. The van der Waals surface area contributed by atoms with Crippen molar-refractivity contribution in [2.75, 3.05) is 16.6 Å². The smallest absolute Gasteiger partial charge is 0.262 e. The standard InChI is InChI=1S/C29H27N3O4S/c1-3-32-27-10-5-4-9-25(27)26-18-21(11-16-28(26)32)30-29(33)19-36-23-12-14-24(15-13-23)37(34,35)31-22-8-6-7-20(2)17-22/h4-18,31H,3,19H2,1-2H3,(H,30,33). The topological polar surface area (TPSA) is 89.4 Å². The molecular weight excluding hydrogens is 486 g/mol. The molecule has 188 valence electrons. The average Bonchev–Trinajstić information content (AvgIpc) is 3.20. The molecule has 5 rings (SSSR count). The summed E-state index contributed by atoms with van der Waals surface area (Å²) < 4.78 is 35.7. The fourth-order valence-corrected chi connectivity index (χ4v) is 5.51. The normalized spacial score (nSPS) is 11.5. The van der Waals surface area contributed by atoms with Crippen LogP contribution in [0.4, 0.5) is 11.4 Å². The number of aryl methyl sites for hydroxylation is 2. The van der Waals surface area contributed by atoms with Gasteiger partial charge in [-0.05, 0) is 80.1 Å². The summed E-state index contributed by atoms with van der Waals surface area (Å²) >= 11 is 0. The largest absolute Gasteiger partial charge is 0.484 e. The highest BCUT2D eigenvalue weighted by Gasteiger charge is 2.15. The van der Waals surface area contributed by atoms with E-state index in [4.69, 9.17) is 4.74 Å². The van der Waals surface area contributed by atoms with Crippen LogP contribution in [0.25, 0.3) is 21.8 Å². The van der Waals surface area contributed by atoms with Gasteiger partial charge >= 0.3 is 0 Å². The van der Waals surface area contributed by atoms with Crippen LogP contribution in [0.15, 0.2) is 95.9 Å². The van der Waals surface area contributed by atoms with E-state index in [1.807, 2.05) is 43.3 Å². The molecule has 1 aromatic heterocycles. The van der Waals surface area contributed by atoms with Gasteiger partial charge in [-0.1, -0.05) is 30.3 Å². The number of hydrogen-bond acceptors (Lipinski definition) is 4. The maximum atomic E-state index is 12.7. The minimum atomic E-state index is -3.74. The first-order chi connectivity index (χ1) is 17.8. The molecule has 0 saturated carbocycles. The molecule has 2 N–H and O–H groups in total. The number of anilines is 2. The predicted molar refractivity (Wildman–Crippen MR) is 148 cm³/mol. The van der Waals surface area contributed by atoms with Gasteiger partial charge in [0.15, 0.2) is 6.61 Å². The molecule has 0 aliphatic heterocycles. The van der Waals surface area contributed by atoms with Crippen molar-refractivity contribution in [2.24, 2.45) is 0 Å². The van der Waals surface area contributed by atoms with E-state index in [9.17, 15) is 13.2 Å². The lowest BCUT2D eigenvalue weighted by Crippen LogP contribution is -2.20. The Hall–Kier alpha value is -4.30. The number of nitrogens with one attached hydrogen (secondary N) is 2. The Kier molecular flexibility index (Phi) is 6.58. The molecule has 0 aliphatic carbocycles. The van der Waals surface area contributed by atoms with Crippen LogP contribution in [0.1, 0.15) is 12.5 Å². The van der Waals surface area contributed by atoms with Gasteiger partial charge in [0.1, 0.15) is 5.75 Å². The maximum Gasteiger partial charge on any atom is 0.262 e. The number of nitrogens with zero attached hydrogens (tertiary/aromatic N) is 1. The summed E-state index contributed by atoms with van der Waals surface area (Å²) in [6, 6.07) is 27.2. The van der Waals surface area contributed by atoms with E-state index in [2.05, 4.69) is 33.7 Å². The summed E-state index contributed by atoms with van der Waals surface area (Å²) in [6.45, 7) is 4.65. The summed E-state index contributed by atoms with van der Waals surface area (Å²) in [5.41, 5.74) is 4.41. The van der Waals surface area contributed by atoms with Crippen molar-refractivity contribution in [1.82, 2.24) is 4.57 Å². The van der Waals surface area contributed by atoms with E-state index in [0.29, 0.717) is 17.1 Å². The van der Waals surface area contributed by atoms with Crippen LogP contribution in [0.5, 0.6) is 5.75 Å². The van der Waals surface area contributed by atoms with E-state index in [1.54, 1.807) is 18.2 Å². The molecule has 4 aromatic carbocycles. The molecule has 8 heteroatoms. The average molecular weight is 514 g/mol. The molecule has 5 aromatic rings. The first-order valence-corrected chi connectivity index (χ1v) is 13.5. The van der Waals surface area contributed by atoms with Gasteiger partial charge in [0.25, 0.3) is 15.9 Å². The van der Waals surface area contributed by atoms with E-state index < -0.39 is 10.0 Å². The number of fused-ring (bicyclic) bond motifs is 3. The molecule has 0 aliphatic rings. The highest BCUT2D eigenvalue weighted by Crippen LogP contribution is 2.31. The van der Waals surface area contributed by atoms with Crippen molar-refractivity contribution >= 4 is 49.1 Å². The number of carbonyl (C=O) groups excluding carboxylic acids is 1. The molecule has 1 amide bonds. The van der Waals surface area contributed by atoms with Gasteiger partial charge in [-0.15, -0.1) is 0 Å².